The third kappa shape index (κ3) is 5.36. The Balaban J connectivity index is 2.05. The van der Waals surface area contributed by atoms with Crippen molar-refractivity contribution in [1.82, 2.24) is 0 Å². The molecule has 14 heavy (non-hydrogen) atoms. The van der Waals surface area contributed by atoms with Crippen LogP contribution in [0.4, 0.5) is 0 Å². The molecule has 0 radical (unpaired) electrons. The van der Waals surface area contributed by atoms with Gasteiger partial charge in [-0.15, -0.1) is 7.92 Å². The van der Waals surface area contributed by atoms with Crippen molar-refractivity contribution in [3.05, 3.63) is 35.9 Å². The maximum Gasteiger partial charge on any atom is 0.0716 e. The summed E-state index contributed by atoms with van der Waals surface area (Å²) >= 11 is 0. The second-order valence-electron chi connectivity index (χ2n) is 3.70. The Morgan fingerprint density at radius 1 is 1.14 bits per heavy atom. The minimum atomic E-state index is 0.249. The average molecular weight is 210 g/mol. The normalized spacial score (nSPS) is 10.8. The molecule has 0 bridgehead atoms. The zero-order chi connectivity index (χ0) is 10.2. The predicted octanol–water partition coefficient (Wildman–Crippen LogP) is 3.33. The Labute approximate surface area is 88.2 Å². The molecule has 0 saturated heterocycles. The van der Waals surface area contributed by atoms with Crippen molar-refractivity contribution >= 4 is 7.92 Å². The number of hydrogen-bond donors (Lipinski definition) is 0. The van der Waals surface area contributed by atoms with Crippen molar-refractivity contribution in [1.29, 1.82) is 0 Å². The standard InChI is InChI=1S/C12H19OP/c1-14(2)10-6-9-13-11-12-7-4-3-5-8-12/h3-5,7-8H,6,9-11H2,1-2H3. The van der Waals surface area contributed by atoms with Gasteiger partial charge in [-0.25, -0.2) is 0 Å². The third-order valence-electron chi connectivity index (χ3n) is 2.01. The number of benzene rings is 1. The van der Waals surface area contributed by atoms with Crippen molar-refractivity contribution in [2.24, 2.45) is 0 Å². The molecule has 0 fully saturated rings. The van der Waals surface area contributed by atoms with E-state index < -0.39 is 0 Å². The van der Waals surface area contributed by atoms with Gasteiger partial charge in [0, 0.05) is 6.61 Å². The summed E-state index contributed by atoms with van der Waals surface area (Å²) in [5, 5.41) is 0. The van der Waals surface area contributed by atoms with Gasteiger partial charge >= 0.3 is 0 Å². The second-order valence-corrected chi connectivity index (χ2v) is 6.30. The van der Waals surface area contributed by atoms with Crippen LogP contribution in [0.15, 0.2) is 30.3 Å². The van der Waals surface area contributed by atoms with Gasteiger partial charge in [-0.05, 0) is 31.5 Å². The van der Waals surface area contributed by atoms with E-state index in [0.29, 0.717) is 0 Å². The molecule has 78 valence electrons. The molecule has 0 saturated carbocycles. The van der Waals surface area contributed by atoms with Crippen LogP contribution < -0.4 is 0 Å². The average Bonchev–Trinajstić information content (AvgIpc) is 2.18. The first kappa shape index (κ1) is 11.7. The van der Waals surface area contributed by atoms with E-state index in [0.717, 1.165) is 13.2 Å². The molecular formula is C12H19OP. The summed E-state index contributed by atoms with van der Waals surface area (Å²) in [5.41, 5.74) is 1.27. The lowest BCUT2D eigenvalue weighted by molar-refractivity contribution is 0.122. The Morgan fingerprint density at radius 3 is 2.50 bits per heavy atom. The molecule has 0 aliphatic heterocycles. The van der Waals surface area contributed by atoms with Gasteiger partial charge in [0.1, 0.15) is 0 Å². The van der Waals surface area contributed by atoms with Crippen LogP contribution in [0.1, 0.15) is 12.0 Å². The number of hydrogen-bond acceptors (Lipinski definition) is 1. The topological polar surface area (TPSA) is 9.23 Å². The van der Waals surface area contributed by atoms with Crippen molar-refractivity contribution in [2.75, 3.05) is 26.1 Å². The molecule has 0 aliphatic carbocycles. The summed E-state index contributed by atoms with van der Waals surface area (Å²) in [6.07, 6.45) is 2.52. The first-order valence-corrected chi connectivity index (χ1v) is 7.47. The smallest absolute Gasteiger partial charge is 0.0716 e. The van der Waals surface area contributed by atoms with Crippen molar-refractivity contribution in [2.45, 2.75) is 13.0 Å². The molecule has 0 N–H and O–H groups in total. The van der Waals surface area contributed by atoms with Gasteiger partial charge in [-0.2, -0.15) is 0 Å². The molecule has 1 aromatic carbocycles. The lowest BCUT2D eigenvalue weighted by Gasteiger charge is -2.06. The molecule has 0 aromatic heterocycles. The van der Waals surface area contributed by atoms with E-state index in [1.54, 1.807) is 0 Å². The van der Waals surface area contributed by atoms with Crippen LogP contribution in [0.2, 0.25) is 0 Å². The number of ether oxygens (including phenoxy) is 1. The van der Waals surface area contributed by atoms with E-state index in [2.05, 4.69) is 37.6 Å². The molecule has 2 heteroatoms. The van der Waals surface area contributed by atoms with Crippen LogP contribution in [0, 0.1) is 0 Å². The van der Waals surface area contributed by atoms with Crippen LogP contribution in [0.25, 0.3) is 0 Å². The van der Waals surface area contributed by atoms with E-state index >= 15 is 0 Å². The van der Waals surface area contributed by atoms with Gasteiger partial charge in [-0.3, -0.25) is 0 Å². The quantitative estimate of drug-likeness (QED) is 0.517. The SMILES string of the molecule is CP(C)CCCOCc1ccccc1. The summed E-state index contributed by atoms with van der Waals surface area (Å²) in [4.78, 5) is 0. The van der Waals surface area contributed by atoms with Crippen LogP contribution >= 0.6 is 7.92 Å². The molecule has 0 spiro atoms. The van der Waals surface area contributed by atoms with Crippen molar-refractivity contribution in [3.8, 4) is 0 Å². The van der Waals surface area contributed by atoms with E-state index in [-0.39, 0.29) is 7.92 Å². The zero-order valence-corrected chi connectivity index (χ0v) is 9.97. The summed E-state index contributed by atoms with van der Waals surface area (Å²) < 4.78 is 5.58. The van der Waals surface area contributed by atoms with Gasteiger partial charge in [0.05, 0.1) is 6.61 Å². The van der Waals surface area contributed by atoms with E-state index in [1.165, 1.54) is 18.1 Å². The molecule has 1 rings (SSSR count). The molecule has 0 heterocycles. The molecular weight excluding hydrogens is 191 g/mol. The van der Waals surface area contributed by atoms with Gasteiger partial charge in [0.25, 0.3) is 0 Å². The maximum atomic E-state index is 5.58. The highest BCUT2D eigenvalue weighted by atomic mass is 31.1. The van der Waals surface area contributed by atoms with Gasteiger partial charge in [0.2, 0.25) is 0 Å². The minimum absolute atomic E-state index is 0.249. The van der Waals surface area contributed by atoms with E-state index in [9.17, 15) is 0 Å². The summed E-state index contributed by atoms with van der Waals surface area (Å²) in [6, 6.07) is 10.3. The minimum Gasteiger partial charge on any atom is -0.377 e. The largest absolute Gasteiger partial charge is 0.377 e. The lowest BCUT2D eigenvalue weighted by atomic mass is 10.2. The Morgan fingerprint density at radius 2 is 1.86 bits per heavy atom. The molecule has 0 amide bonds. The maximum absolute atomic E-state index is 5.58. The van der Waals surface area contributed by atoms with E-state index in [4.69, 9.17) is 4.74 Å². The summed E-state index contributed by atoms with van der Waals surface area (Å²) in [6.45, 7) is 6.28. The summed E-state index contributed by atoms with van der Waals surface area (Å²) in [5.74, 6) is 0. The van der Waals surface area contributed by atoms with Crippen LogP contribution in [0.3, 0.4) is 0 Å². The molecule has 1 aromatic rings. The first-order chi connectivity index (χ1) is 6.79. The van der Waals surface area contributed by atoms with Gasteiger partial charge in [0.15, 0.2) is 0 Å². The fourth-order valence-corrected chi connectivity index (χ4v) is 2.01. The van der Waals surface area contributed by atoms with Crippen LogP contribution in [-0.4, -0.2) is 26.1 Å². The van der Waals surface area contributed by atoms with Crippen molar-refractivity contribution in [3.63, 3.8) is 0 Å². The van der Waals surface area contributed by atoms with Crippen LogP contribution in [0.5, 0.6) is 0 Å². The second kappa shape index (κ2) is 6.98. The molecule has 1 nitrogen and oxygen atoms in total. The molecule has 0 aliphatic rings. The Bertz CT molecular complexity index is 233. The number of rotatable bonds is 6. The monoisotopic (exact) mass is 210 g/mol. The predicted molar refractivity (Wildman–Crippen MR) is 64.4 cm³/mol. The fraction of sp³-hybridized carbons (Fsp3) is 0.500. The van der Waals surface area contributed by atoms with Crippen LogP contribution in [-0.2, 0) is 11.3 Å². The zero-order valence-electron chi connectivity index (χ0n) is 9.07. The lowest BCUT2D eigenvalue weighted by Crippen LogP contribution is -1.97. The van der Waals surface area contributed by atoms with Gasteiger partial charge < -0.3 is 4.74 Å². The fourth-order valence-electron chi connectivity index (χ4n) is 1.25. The highest BCUT2D eigenvalue weighted by Crippen LogP contribution is 2.24. The van der Waals surface area contributed by atoms with E-state index in [1.807, 2.05) is 6.07 Å². The van der Waals surface area contributed by atoms with Gasteiger partial charge in [-0.1, -0.05) is 30.3 Å². The highest BCUT2D eigenvalue weighted by Gasteiger charge is 1.94. The third-order valence-corrected chi connectivity index (χ3v) is 3.22. The summed E-state index contributed by atoms with van der Waals surface area (Å²) in [7, 11) is 0.249. The highest BCUT2D eigenvalue weighted by molar-refractivity contribution is 7.55. The van der Waals surface area contributed by atoms with Crippen molar-refractivity contribution < 1.29 is 4.74 Å². The molecule has 0 atom stereocenters. The molecule has 0 unspecified atom stereocenters. The first-order valence-electron chi connectivity index (χ1n) is 5.05. The Hall–Kier alpha value is -0.390. The Kier molecular flexibility index (Phi) is 5.82.